The standard InChI is InChI=1S/C30H30FN5O2/c1-19-6-4-5-7-25(19)28-11-9-26(34-29(37)20(2)32-3)30(38)36(28)18-21-14-24(17-33-16-21)35-13-12-22-15-23(31)8-10-27(22)35/h4-11,14-17,20,32H,12-13,18H2,1-3H3,(H,34,37). The molecular weight excluding hydrogens is 481 g/mol. The average Bonchev–Trinajstić information content (AvgIpc) is 3.34. The van der Waals surface area contributed by atoms with E-state index in [1.165, 1.54) is 6.07 Å². The van der Waals surface area contributed by atoms with Crippen LogP contribution in [-0.2, 0) is 17.8 Å². The van der Waals surface area contributed by atoms with Crippen LogP contribution in [0.3, 0.4) is 0 Å². The number of aryl methyl sites for hydroxylation is 1. The summed E-state index contributed by atoms with van der Waals surface area (Å²) in [5.41, 5.74) is 6.29. The van der Waals surface area contributed by atoms with Crippen molar-refractivity contribution >= 4 is 23.0 Å². The summed E-state index contributed by atoms with van der Waals surface area (Å²) in [7, 11) is 1.69. The first-order valence-electron chi connectivity index (χ1n) is 12.6. The molecular formula is C30H30FN5O2. The Morgan fingerprint density at radius 1 is 1.11 bits per heavy atom. The van der Waals surface area contributed by atoms with Gasteiger partial charge >= 0.3 is 0 Å². The molecule has 0 spiro atoms. The van der Waals surface area contributed by atoms with E-state index in [1.807, 2.05) is 43.3 Å². The van der Waals surface area contributed by atoms with Crippen molar-refractivity contribution in [2.45, 2.75) is 32.9 Å². The lowest BCUT2D eigenvalue weighted by atomic mass is 10.0. The van der Waals surface area contributed by atoms with Gasteiger partial charge in [-0.15, -0.1) is 0 Å². The second-order valence-corrected chi connectivity index (χ2v) is 9.56. The Morgan fingerprint density at radius 2 is 1.92 bits per heavy atom. The summed E-state index contributed by atoms with van der Waals surface area (Å²) in [6, 6.07) is 17.8. The summed E-state index contributed by atoms with van der Waals surface area (Å²) in [6.07, 6.45) is 4.28. The number of aromatic nitrogens is 2. The number of anilines is 3. The molecule has 1 aliphatic heterocycles. The molecule has 0 radical (unpaired) electrons. The van der Waals surface area contributed by atoms with Crippen molar-refractivity contribution in [3.8, 4) is 11.3 Å². The van der Waals surface area contributed by atoms with Crippen molar-refractivity contribution in [1.82, 2.24) is 14.9 Å². The van der Waals surface area contributed by atoms with E-state index in [1.54, 1.807) is 49.1 Å². The lowest BCUT2D eigenvalue weighted by Crippen LogP contribution is -2.37. The van der Waals surface area contributed by atoms with E-state index in [-0.39, 0.29) is 29.5 Å². The number of halogens is 1. The smallest absolute Gasteiger partial charge is 0.275 e. The summed E-state index contributed by atoms with van der Waals surface area (Å²) in [5, 5.41) is 5.65. The lowest BCUT2D eigenvalue weighted by molar-refractivity contribution is -0.117. The molecule has 0 saturated heterocycles. The monoisotopic (exact) mass is 511 g/mol. The van der Waals surface area contributed by atoms with Crippen LogP contribution in [-0.4, -0.2) is 35.1 Å². The van der Waals surface area contributed by atoms with E-state index in [2.05, 4.69) is 20.5 Å². The zero-order valence-corrected chi connectivity index (χ0v) is 21.7. The van der Waals surface area contributed by atoms with Gasteiger partial charge in [-0.2, -0.15) is 0 Å². The fourth-order valence-electron chi connectivity index (χ4n) is 4.83. The number of hydrogen-bond acceptors (Lipinski definition) is 5. The summed E-state index contributed by atoms with van der Waals surface area (Å²) >= 11 is 0. The van der Waals surface area contributed by atoms with Crippen LogP contribution in [0.5, 0.6) is 0 Å². The van der Waals surface area contributed by atoms with Crippen LogP contribution in [0.2, 0.25) is 0 Å². The number of carbonyl (C=O) groups excluding carboxylic acids is 1. The number of nitrogens with one attached hydrogen (secondary N) is 2. The SMILES string of the molecule is CNC(C)C(=O)Nc1ccc(-c2ccccc2C)n(Cc2cncc(N3CCc4cc(F)ccc43)c2)c1=O. The van der Waals surface area contributed by atoms with Gasteiger partial charge < -0.3 is 20.1 Å². The Hall–Kier alpha value is -4.30. The highest BCUT2D eigenvalue weighted by Crippen LogP contribution is 2.35. The third-order valence-electron chi connectivity index (χ3n) is 7.05. The van der Waals surface area contributed by atoms with E-state index in [9.17, 15) is 14.0 Å². The molecule has 2 N–H and O–H groups in total. The molecule has 7 nitrogen and oxygen atoms in total. The summed E-state index contributed by atoms with van der Waals surface area (Å²) in [4.78, 5) is 32.8. The molecule has 5 rings (SSSR count). The Morgan fingerprint density at radius 3 is 2.71 bits per heavy atom. The number of rotatable bonds is 7. The molecule has 4 aromatic rings. The number of fused-ring (bicyclic) bond motifs is 1. The quantitative estimate of drug-likeness (QED) is 0.378. The molecule has 0 saturated carbocycles. The second kappa shape index (κ2) is 10.6. The van der Waals surface area contributed by atoms with Gasteiger partial charge in [0.2, 0.25) is 5.91 Å². The number of amides is 1. The van der Waals surface area contributed by atoms with Crippen LogP contribution in [0.4, 0.5) is 21.5 Å². The maximum Gasteiger partial charge on any atom is 0.275 e. The maximum absolute atomic E-state index is 13.7. The van der Waals surface area contributed by atoms with Crippen molar-refractivity contribution in [3.05, 3.63) is 106 Å². The van der Waals surface area contributed by atoms with Gasteiger partial charge in [-0.25, -0.2) is 4.39 Å². The van der Waals surface area contributed by atoms with Gasteiger partial charge in [-0.05, 0) is 80.4 Å². The molecule has 1 amide bonds. The topological polar surface area (TPSA) is 79.3 Å². The predicted octanol–water partition coefficient (Wildman–Crippen LogP) is 4.65. The van der Waals surface area contributed by atoms with Crippen molar-refractivity contribution in [3.63, 3.8) is 0 Å². The second-order valence-electron chi connectivity index (χ2n) is 9.56. The first-order chi connectivity index (χ1) is 18.4. The molecule has 2 aromatic heterocycles. The third kappa shape index (κ3) is 4.95. The molecule has 1 aliphatic rings. The van der Waals surface area contributed by atoms with E-state index >= 15 is 0 Å². The summed E-state index contributed by atoms with van der Waals surface area (Å²) in [5.74, 6) is -0.524. The molecule has 0 fully saturated rings. The molecule has 3 heterocycles. The van der Waals surface area contributed by atoms with Crippen LogP contribution in [0.1, 0.15) is 23.6 Å². The van der Waals surface area contributed by atoms with Gasteiger partial charge in [0.25, 0.3) is 5.56 Å². The highest BCUT2D eigenvalue weighted by atomic mass is 19.1. The van der Waals surface area contributed by atoms with E-state index in [4.69, 9.17) is 0 Å². The van der Waals surface area contributed by atoms with Gasteiger partial charge in [-0.1, -0.05) is 24.3 Å². The minimum atomic E-state index is -0.448. The molecule has 0 aliphatic carbocycles. The predicted molar refractivity (Wildman–Crippen MR) is 148 cm³/mol. The van der Waals surface area contributed by atoms with Gasteiger partial charge in [0.1, 0.15) is 11.5 Å². The van der Waals surface area contributed by atoms with Gasteiger partial charge in [0.05, 0.1) is 30.2 Å². The normalized spacial score (nSPS) is 13.3. The van der Waals surface area contributed by atoms with Gasteiger partial charge in [0, 0.05) is 24.0 Å². The minimum absolute atomic E-state index is 0.217. The highest BCUT2D eigenvalue weighted by molar-refractivity contribution is 5.94. The molecule has 194 valence electrons. The Labute approximate surface area is 221 Å². The number of pyridine rings is 2. The van der Waals surface area contributed by atoms with Crippen LogP contribution < -0.4 is 21.1 Å². The summed E-state index contributed by atoms with van der Waals surface area (Å²) in [6.45, 7) is 4.73. The average molecular weight is 512 g/mol. The molecule has 1 unspecified atom stereocenters. The number of likely N-dealkylation sites (N-methyl/N-ethyl adjacent to an activating group) is 1. The van der Waals surface area contributed by atoms with Crippen molar-refractivity contribution in [2.75, 3.05) is 23.8 Å². The third-order valence-corrected chi connectivity index (χ3v) is 7.05. The van der Waals surface area contributed by atoms with Crippen molar-refractivity contribution in [1.29, 1.82) is 0 Å². The van der Waals surface area contributed by atoms with Crippen LogP contribution in [0.25, 0.3) is 11.3 Å². The largest absolute Gasteiger partial charge is 0.340 e. The zero-order valence-electron chi connectivity index (χ0n) is 21.7. The van der Waals surface area contributed by atoms with Crippen molar-refractivity contribution < 1.29 is 9.18 Å². The van der Waals surface area contributed by atoms with Gasteiger partial charge in [0.15, 0.2) is 0 Å². The molecule has 1 atom stereocenters. The van der Waals surface area contributed by atoms with Crippen LogP contribution >= 0.6 is 0 Å². The number of carbonyl (C=O) groups is 1. The van der Waals surface area contributed by atoms with Gasteiger partial charge in [-0.3, -0.25) is 14.6 Å². The van der Waals surface area contributed by atoms with Crippen LogP contribution in [0.15, 0.2) is 77.9 Å². The number of nitrogens with zero attached hydrogens (tertiary/aromatic N) is 3. The molecule has 8 heteroatoms. The minimum Gasteiger partial charge on any atom is -0.340 e. The van der Waals surface area contributed by atoms with Crippen LogP contribution in [0, 0.1) is 12.7 Å². The Kier molecular flexibility index (Phi) is 7.07. The van der Waals surface area contributed by atoms with E-state index < -0.39 is 6.04 Å². The Balaban J connectivity index is 1.54. The first kappa shape index (κ1) is 25.4. The lowest BCUT2D eigenvalue weighted by Gasteiger charge is -2.21. The number of benzene rings is 2. The number of hydrogen-bond donors (Lipinski definition) is 2. The Bertz CT molecular complexity index is 1560. The van der Waals surface area contributed by atoms with E-state index in [0.717, 1.165) is 52.3 Å². The maximum atomic E-state index is 13.7. The zero-order chi connectivity index (χ0) is 26.8. The molecule has 2 aromatic carbocycles. The van der Waals surface area contributed by atoms with E-state index in [0.29, 0.717) is 0 Å². The highest BCUT2D eigenvalue weighted by Gasteiger charge is 2.22. The fraction of sp³-hybridized carbons (Fsp3) is 0.233. The van der Waals surface area contributed by atoms with Crippen molar-refractivity contribution in [2.24, 2.45) is 0 Å². The molecule has 0 bridgehead atoms. The molecule has 38 heavy (non-hydrogen) atoms. The summed E-state index contributed by atoms with van der Waals surface area (Å²) < 4.78 is 15.4. The first-order valence-corrected chi connectivity index (χ1v) is 12.6. The fourth-order valence-corrected chi connectivity index (χ4v) is 4.83.